The van der Waals surface area contributed by atoms with Gasteiger partial charge in [0.2, 0.25) is 0 Å². The maximum atomic E-state index is 12.9. The van der Waals surface area contributed by atoms with Crippen molar-refractivity contribution in [2.24, 2.45) is 0 Å². The summed E-state index contributed by atoms with van der Waals surface area (Å²) in [4.78, 5) is 0. The Morgan fingerprint density at radius 3 is 2.71 bits per heavy atom. The van der Waals surface area contributed by atoms with Crippen LogP contribution in [0.2, 0.25) is 5.02 Å². The van der Waals surface area contributed by atoms with E-state index in [0.717, 1.165) is 17.0 Å². The molecule has 2 nitrogen and oxygen atoms in total. The molecule has 0 saturated carbocycles. The first-order valence-corrected chi connectivity index (χ1v) is 4.52. The molecule has 0 saturated heterocycles. The molecule has 0 atom stereocenters. The molecule has 0 bridgehead atoms. The van der Waals surface area contributed by atoms with Crippen molar-refractivity contribution in [2.75, 3.05) is 0 Å². The van der Waals surface area contributed by atoms with Crippen molar-refractivity contribution in [3.05, 3.63) is 40.8 Å². The summed E-state index contributed by atoms with van der Waals surface area (Å²) in [6, 6.07) is 6.43. The molecule has 0 unspecified atom stereocenters. The van der Waals surface area contributed by atoms with Gasteiger partial charge >= 0.3 is 0 Å². The topological polar surface area (TPSA) is 28.7 Å². The van der Waals surface area contributed by atoms with Crippen molar-refractivity contribution in [3.8, 4) is 11.3 Å². The first-order valence-electron chi connectivity index (χ1n) is 4.14. The lowest BCUT2D eigenvalue weighted by Crippen LogP contribution is -1.81. The molecular formula is C10H8ClFN2. The van der Waals surface area contributed by atoms with E-state index in [-0.39, 0.29) is 5.02 Å². The van der Waals surface area contributed by atoms with Gasteiger partial charge in [0.25, 0.3) is 0 Å². The van der Waals surface area contributed by atoms with E-state index in [1.165, 1.54) is 6.07 Å². The summed E-state index contributed by atoms with van der Waals surface area (Å²) < 4.78 is 12.9. The second-order valence-corrected chi connectivity index (χ2v) is 3.47. The van der Waals surface area contributed by atoms with Crippen LogP contribution in [0.5, 0.6) is 0 Å². The van der Waals surface area contributed by atoms with Crippen LogP contribution in [-0.4, -0.2) is 10.2 Å². The second-order valence-electron chi connectivity index (χ2n) is 3.07. The zero-order chi connectivity index (χ0) is 10.1. The maximum Gasteiger partial charge on any atom is 0.141 e. The van der Waals surface area contributed by atoms with Crippen LogP contribution < -0.4 is 0 Å². The third kappa shape index (κ3) is 1.63. The SMILES string of the molecule is Cc1cc(-c2ccc(F)c(Cl)c2)n[nH]1. The maximum absolute atomic E-state index is 12.9. The van der Waals surface area contributed by atoms with Crippen LogP contribution in [0.3, 0.4) is 0 Å². The summed E-state index contributed by atoms with van der Waals surface area (Å²) in [7, 11) is 0. The zero-order valence-corrected chi connectivity index (χ0v) is 8.27. The largest absolute Gasteiger partial charge is 0.282 e. The van der Waals surface area contributed by atoms with Crippen LogP contribution in [0, 0.1) is 12.7 Å². The quantitative estimate of drug-likeness (QED) is 0.770. The first-order chi connectivity index (χ1) is 6.66. The minimum atomic E-state index is -0.414. The summed E-state index contributed by atoms with van der Waals surface area (Å²) in [5, 5.41) is 6.98. The number of benzene rings is 1. The van der Waals surface area contributed by atoms with Gasteiger partial charge in [0.1, 0.15) is 5.82 Å². The van der Waals surface area contributed by atoms with E-state index in [4.69, 9.17) is 11.6 Å². The molecule has 2 rings (SSSR count). The predicted octanol–water partition coefficient (Wildman–Crippen LogP) is 3.18. The van der Waals surface area contributed by atoms with E-state index in [2.05, 4.69) is 10.2 Å². The third-order valence-corrected chi connectivity index (χ3v) is 2.21. The van der Waals surface area contributed by atoms with E-state index in [9.17, 15) is 4.39 Å². The number of rotatable bonds is 1. The van der Waals surface area contributed by atoms with Crippen molar-refractivity contribution in [1.29, 1.82) is 0 Å². The van der Waals surface area contributed by atoms with Gasteiger partial charge < -0.3 is 0 Å². The molecule has 72 valence electrons. The molecule has 0 amide bonds. The van der Waals surface area contributed by atoms with Gasteiger partial charge in [0, 0.05) is 11.3 Å². The Morgan fingerprint density at radius 2 is 2.14 bits per heavy atom. The van der Waals surface area contributed by atoms with Crippen LogP contribution in [0.25, 0.3) is 11.3 Å². The van der Waals surface area contributed by atoms with E-state index in [0.29, 0.717) is 0 Å². The summed E-state index contributed by atoms with van der Waals surface area (Å²) in [5.41, 5.74) is 2.53. The fraction of sp³-hybridized carbons (Fsp3) is 0.100. The predicted molar refractivity (Wildman–Crippen MR) is 53.7 cm³/mol. The molecule has 0 radical (unpaired) electrons. The van der Waals surface area contributed by atoms with Crippen molar-refractivity contribution in [3.63, 3.8) is 0 Å². The van der Waals surface area contributed by atoms with Crippen LogP contribution in [0.1, 0.15) is 5.69 Å². The molecule has 0 spiro atoms. The number of aromatic amines is 1. The lowest BCUT2D eigenvalue weighted by Gasteiger charge is -1.97. The average molecular weight is 211 g/mol. The fourth-order valence-corrected chi connectivity index (χ4v) is 1.40. The molecule has 1 heterocycles. The van der Waals surface area contributed by atoms with Crippen LogP contribution in [0.15, 0.2) is 24.3 Å². The molecule has 0 fully saturated rings. The van der Waals surface area contributed by atoms with Gasteiger partial charge in [-0.1, -0.05) is 11.6 Å². The van der Waals surface area contributed by atoms with E-state index in [1.807, 2.05) is 13.0 Å². The number of nitrogens with zero attached hydrogens (tertiary/aromatic N) is 1. The monoisotopic (exact) mass is 210 g/mol. The summed E-state index contributed by atoms with van der Waals surface area (Å²) >= 11 is 5.66. The summed E-state index contributed by atoms with van der Waals surface area (Å²) in [5.74, 6) is -0.414. The van der Waals surface area contributed by atoms with Crippen LogP contribution >= 0.6 is 11.6 Å². The number of halogens is 2. The summed E-state index contributed by atoms with van der Waals surface area (Å²) in [6.07, 6.45) is 0. The normalized spacial score (nSPS) is 10.5. The molecule has 2 aromatic rings. The highest BCUT2D eigenvalue weighted by atomic mass is 35.5. The molecule has 0 aliphatic carbocycles. The Balaban J connectivity index is 2.47. The number of H-pyrrole nitrogens is 1. The molecule has 4 heteroatoms. The first kappa shape index (κ1) is 9.21. The van der Waals surface area contributed by atoms with Crippen LogP contribution in [0.4, 0.5) is 4.39 Å². The third-order valence-electron chi connectivity index (χ3n) is 1.92. The Morgan fingerprint density at radius 1 is 1.36 bits per heavy atom. The molecule has 1 aromatic carbocycles. The lowest BCUT2D eigenvalue weighted by molar-refractivity contribution is 0.628. The number of aryl methyl sites for hydroxylation is 1. The van der Waals surface area contributed by atoms with E-state index in [1.54, 1.807) is 12.1 Å². The standard InChI is InChI=1S/C10H8ClFN2/c1-6-4-10(14-13-6)7-2-3-9(12)8(11)5-7/h2-5H,1H3,(H,13,14). The number of nitrogens with one attached hydrogen (secondary N) is 1. The second kappa shape index (κ2) is 3.42. The van der Waals surface area contributed by atoms with Gasteiger partial charge in [-0.05, 0) is 31.2 Å². The van der Waals surface area contributed by atoms with Crippen molar-refractivity contribution in [2.45, 2.75) is 6.92 Å². The molecule has 14 heavy (non-hydrogen) atoms. The van der Waals surface area contributed by atoms with Gasteiger partial charge in [-0.2, -0.15) is 5.10 Å². The highest BCUT2D eigenvalue weighted by Crippen LogP contribution is 2.23. The summed E-state index contributed by atoms with van der Waals surface area (Å²) in [6.45, 7) is 1.90. The minimum Gasteiger partial charge on any atom is -0.282 e. The van der Waals surface area contributed by atoms with Crippen molar-refractivity contribution in [1.82, 2.24) is 10.2 Å². The highest BCUT2D eigenvalue weighted by molar-refractivity contribution is 6.31. The Bertz CT molecular complexity index is 465. The smallest absolute Gasteiger partial charge is 0.141 e. The van der Waals surface area contributed by atoms with Gasteiger partial charge in [-0.15, -0.1) is 0 Å². The zero-order valence-electron chi connectivity index (χ0n) is 7.51. The number of aromatic nitrogens is 2. The Labute approximate surface area is 85.7 Å². The van der Waals surface area contributed by atoms with Gasteiger partial charge in [-0.25, -0.2) is 4.39 Å². The van der Waals surface area contributed by atoms with Gasteiger partial charge in [-0.3, -0.25) is 5.10 Å². The lowest BCUT2D eigenvalue weighted by atomic mass is 10.1. The molecule has 1 N–H and O–H groups in total. The average Bonchev–Trinajstić information content (AvgIpc) is 2.57. The number of hydrogen-bond acceptors (Lipinski definition) is 1. The van der Waals surface area contributed by atoms with E-state index >= 15 is 0 Å². The van der Waals surface area contributed by atoms with E-state index < -0.39 is 5.82 Å². The minimum absolute atomic E-state index is 0.114. The van der Waals surface area contributed by atoms with Gasteiger partial charge in [0.15, 0.2) is 0 Å². The van der Waals surface area contributed by atoms with Crippen LogP contribution in [-0.2, 0) is 0 Å². The fourth-order valence-electron chi connectivity index (χ4n) is 1.22. The van der Waals surface area contributed by atoms with Gasteiger partial charge in [0.05, 0.1) is 10.7 Å². The Kier molecular flexibility index (Phi) is 2.25. The Hall–Kier alpha value is -1.35. The van der Waals surface area contributed by atoms with Crippen molar-refractivity contribution >= 4 is 11.6 Å². The molecule has 0 aliphatic rings. The molecular weight excluding hydrogens is 203 g/mol. The molecule has 1 aromatic heterocycles. The highest BCUT2D eigenvalue weighted by Gasteiger charge is 2.05. The number of hydrogen-bond donors (Lipinski definition) is 1. The van der Waals surface area contributed by atoms with Crippen molar-refractivity contribution < 1.29 is 4.39 Å². The molecule has 0 aliphatic heterocycles.